The zero-order valence-electron chi connectivity index (χ0n) is 14.9. The van der Waals surface area contributed by atoms with E-state index in [2.05, 4.69) is 26.1 Å². The number of fused-ring (bicyclic) bond motifs is 7. The van der Waals surface area contributed by atoms with Gasteiger partial charge in [-0.05, 0) is 37.6 Å². The van der Waals surface area contributed by atoms with Gasteiger partial charge in [0.05, 0.1) is 25.0 Å². The van der Waals surface area contributed by atoms with Gasteiger partial charge in [-0.25, -0.2) is 0 Å². The number of benzene rings is 1. The van der Waals surface area contributed by atoms with Crippen LogP contribution >= 0.6 is 15.9 Å². The lowest BCUT2D eigenvalue weighted by molar-refractivity contribution is -0.146. The molecule has 1 spiro atoms. The number of imide groups is 1. The van der Waals surface area contributed by atoms with E-state index in [1.165, 1.54) is 4.90 Å². The first-order valence-corrected chi connectivity index (χ1v) is 10.0. The van der Waals surface area contributed by atoms with Crippen molar-refractivity contribution in [3.63, 3.8) is 0 Å². The highest BCUT2D eigenvalue weighted by atomic mass is 79.9. The molecule has 8 heteroatoms. The fourth-order valence-corrected chi connectivity index (χ4v) is 6.00. The molecule has 3 fully saturated rings. The van der Waals surface area contributed by atoms with Gasteiger partial charge in [0.1, 0.15) is 5.54 Å². The highest BCUT2D eigenvalue weighted by molar-refractivity contribution is 9.10. The minimum Gasteiger partial charge on any atom is -0.383 e. The molecule has 4 aliphatic rings. The summed E-state index contributed by atoms with van der Waals surface area (Å²) < 4.78 is 5.93. The van der Waals surface area contributed by atoms with Gasteiger partial charge in [-0.1, -0.05) is 15.9 Å². The first kappa shape index (κ1) is 17.3. The number of amides is 3. The third-order valence-corrected chi connectivity index (χ3v) is 7.06. The van der Waals surface area contributed by atoms with E-state index in [1.54, 1.807) is 7.11 Å². The van der Waals surface area contributed by atoms with Crippen LogP contribution in [-0.4, -0.2) is 60.4 Å². The Balaban J connectivity index is 1.69. The summed E-state index contributed by atoms with van der Waals surface area (Å²) in [6.45, 7) is 1.25. The molecule has 0 saturated carbocycles. The van der Waals surface area contributed by atoms with Crippen molar-refractivity contribution < 1.29 is 19.1 Å². The fourth-order valence-electron chi connectivity index (χ4n) is 5.64. The van der Waals surface area contributed by atoms with Gasteiger partial charge in [-0.2, -0.15) is 0 Å². The largest absolute Gasteiger partial charge is 0.383 e. The van der Waals surface area contributed by atoms with Crippen LogP contribution in [0.1, 0.15) is 18.4 Å². The minimum atomic E-state index is -1.10. The maximum absolute atomic E-state index is 13.4. The van der Waals surface area contributed by atoms with Gasteiger partial charge >= 0.3 is 0 Å². The van der Waals surface area contributed by atoms with E-state index < -0.39 is 17.4 Å². The minimum absolute atomic E-state index is 0.0744. The van der Waals surface area contributed by atoms with Crippen molar-refractivity contribution >= 4 is 39.3 Å². The topological polar surface area (TPSA) is 78.9 Å². The second kappa shape index (κ2) is 5.86. The van der Waals surface area contributed by atoms with E-state index in [4.69, 9.17) is 4.74 Å². The van der Waals surface area contributed by atoms with E-state index >= 15 is 0 Å². The monoisotopic (exact) mass is 433 g/mol. The quantitative estimate of drug-likeness (QED) is 0.727. The van der Waals surface area contributed by atoms with Crippen LogP contribution in [0.25, 0.3) is 0 Å². The number of rotatable bonds is 3. The molecule has 4 heterocycles. The average Bonchev–Trinajstić information content (AvgIpc) is 3.33. The number of hydrogen-bond donors (Lipinski definition) is 1. The molecule has 4 aliphatic heterocycles. The van der Waals surface area contributed by atoms with Gasteiger partial charge in [0.2, 0.25) is 17.7 Å². The van der Waals surface area contributed by atoms with Crippen molar-refractivity contribution in [3.8, 4) is 0 Å². The Morgan fingerprint density at radius 3 is 2.89 bits per heavy atom. The molecule has 1 N–H and O–H groups in total. The number of methoxy groups -OCH3 is 1. The Morgan fingerprint density at radius 2 is 2.11 bits per heavy atom. The zero-order chi connectivity index (χ0) is 18.9. The Labute approximate surface area is 165 Å². The van der Waals surface area contributed by atoms with Crippen LogP contribution < -0.4 is 5.32 Å². The van der Waals surface area contributed by atoms with E-state index in [1.807, 2.05) is 18.2 Å². The molecule has 1 aromatic rings. The molecule has 0 aliphatic carbocycles. The van der Waals surface area contributed by atoms with Crippen LogP contribution in [0.4, 0.5) is 5.69 Å². The molecule has 0 unspecified atom stereocenters. The number of ether oxygens (including phenoxy) is 1. The van der Waals surface area contributed by atoms with Crippen molar-refractivity contribution in [2.24, 2.45) is 11.8 Å². The van der Waals surface area contributed by atoms with Crippen molar-refractivity contribution in [2.75, 3.05) is 32.1 Å². The predicted molar refractivity (Wildman–Crippen MR) is 99.8 cm³/mol. The highest BCUT2D eigenvalue weighted by Crippen LogP contribution is 2.60. The molecular weight excluding hydrogens is 414 g/mol. The van der Waals surface area contributed by atoms with Gasteiger partial charge in [0.25, 0.3) is 0 Å². The van der Waals surface area contributed by atoms with Crippen LogP contribution in [0, 0.1) is 11.8 Å². The number of hydrogen-bond acceptors (Lipinski definition) is 5. The summed E-state index contributed by atoms with van der Waals surface area (Å²) in [5.74, 6) is -1.74. The smallest absolute Gasteiger partial charge is 0.250 e. The third kappa shape index (κ3) is 2.01. The molecule has 27 heavy (non-hydrogen) atoms. The summed E-state index contributed by atoms with van der Waals surface area (Å²) >= 11 is 3.50. The first-order valence-electron chi connectivity index (χ1n) is 9.24. The molecular formula is C19H20BrN3O4. The molecule has 0 radical (unpaired) electrons. The molecule has 5 rings (SSSR count). The summed E-state index contributed by atoms with van der Waals surface area (Å²) in [5, 5.41) is 2.97. The predicted octanol–water partition coefficient (Wildman–Crippen LogP) is 1.32. The van der Waals surface area contributed by atoms with Crippen molar-refractivity contribution in [3.05, 3.63) is 28.2 Å². The van der Waals surface area contributed by atoms with Gasteiger partial charge in [-0.3, -0.25) is 24.2 Å². The molecule has 0 aromatic heterocycles. The number of carbonyl (C=O) groups excluding carboxylic acids is 3. The van der Waals surface area contributed by atoms with Crippen LogP contribution in [-0.2, 0) is 24.7 Å². The summed E-state index contributed by atoms with van der Waals surface area (Å²) in [6.07, 6.45) is 1.75. The number of nitrogens with one attached hydrogen (secondary N) is 1. The van der Waals surface area contributed by atoms with Crippen molar-refractivity contribution in [1.82, 2.24) is 9.80 Å². The van der Waals surface area contributed by atoms with Crippen LogP contribution in [0.15, 0.2) is 22.7 Å². The first-order chi connectivity index (χ1) is 13.0. The summed E-state index contributed by atoms with van der Waals surface area (Å²) in [5.41, 5.74) is 0.431. The Hall–Kier alpha value is -1.77. The van der Waals surface area contributed by atoms with Crippen LogP contribution in [0.5, 0.6) is 0 Å². The van der Waals surface area contributed by atoms with Gasteiger partial charge in [0, 0.05) is 28.9 Å². The summed E-state index contributed by atoms with van der Waals surface area (Å²) in [4.78, 5) is 43.3. The normalized spacial score (nSPS) is 34.4. The maximum atomic E-state index is 13.4. The number of likely N-dealkylation sites (tertiary alicyclic amines) is 1. The second-order valence-electron chi connectivity index (χ2n) is 7.64. The van der Waals surface area contributed by atoms with Gasteiger partial charge in [0.15, 0.2) is 0 Å². The fraction of sp³-hybridized carbons (Fsp3) is 0.526. The Bertz CT molecular complexity index is 875. The average molecular weight is 434 g/mol. The molecule has 4 atom stereocenters. The molecule has 0 bridgehead atoms. The number of nitrogens with zero attached hydrogens (tertiary/aromatic N) is 2. The molecule has 3 amide bonds. The van der Waals surface area contributed by atoms with Crippen LogP contribution in [0.2, 0.25) is 0 Å². The Morgan fingerprint density at radius 1 is 1.30 bits per heavy atom. The van der Waals surface area contributed by atoms with E-state index in [-0.39, 0.29) is 30.3 Å². The Kier molecular flexibility index (Phi) is 3.76. The van der Waals surface area contributed by atoms with Crippen molar-refractivity contribution in [1.29, 1.82) is 0 Å². The third-order valence-electron chi connectivity index (χ3n) is 6.56. The lowest BCUT2D eigenvalue weighted by Crippen LogP contribution is -2.54. The van der Waals surface area contributed by atoms with E-state index in [9.17, 15) is 14.4 Å². The second-order valence-corrected chi connectivity index (χ2v) is 8.55. The van der Waals surface area contributed by atoms with Gasteiger partial charge < -0.3 is 10.1 Å². The van der Waals surface area contributed by atoms with Crippen molar-refractivity contribution in [2.45, 2.75) is 24.4 Å². The SMILES string of the molecule is COCCN1C(=O)[C@@H]2[C@@H](C1=O)[C@]1(C(=O)Nc3ccc(Br)cc31)N1CCC[C@@H]21. The van der Waals surface area contributed by atoms with Crippen LogP contribution in [0.3, 0.4) is 0 Å². The maximum Gasteiger partial charge on any atom is 0.250 e. The highest BCUT2D eigenvalue weighted by Gasteiger charge is 2.74. The molecule has 7 nitrogen and oxygen atoms in total. The molecule has 142 valence electrons. The molecule has 3 saturated heterocycles. The number of anilines is 1. The number of carbonyl (C=O) groups is 3. The summed E-state index contributed by atoms with van der Waals surface area (Å²) in [7, 11) is 1.55. The lowest BCUT2D eigenvalue weighted by Gasteiger charge is -2.36. The number of halogens is 1. The summed E-state index contributed by atoms with van der Waals surface area (Å²) in [6, 6.07) is 5.57. The van der Waals surface area contributed by atoms with E-state index in [0.717, 1.165) is 35.1 Å². The zero-order valence-corrected chi connectivity index (χ0v) is 16.5. The van der Waals surface area contributed by atoms with Gasteiger partial charge in [-0.15, -0.1) is 0 Å². The standard InChI is InChI=1S/C19H20BrN3O4/c1-27-8-7-22-16(24)14-13-3-2-6-23(13)19(15(14)17(22)25)11-9-10(20)4-5-12(11)21-18(19)26/h4-5,9,13-15H,2-3,6-8H2,1H3,(H,21,26)/t13-,14-,15-,19+/m0/s1. The van der Waals surface area contributed by atoms with E-state index in [0.29, 0.717) is 6.61 Å². The lowest BCUT2D eigenvalue weighted by atomic mass is 9.75. The molecule has 1 aromatic carbocycles.